The number of benzene rings is 1. The van der Waals surface area contributed by atoms with Crippen molar-refractivity contribution in [2.75, 3.05) is 19.8 Å². The van der Waals surface area contributed by atoms with E-state index >= 15 is 0 Å². The van der Waals surface area contributed by atoms with Crippen LogP contribution >= 0.6 is 0 Å². The standard InChI is InChI=1S/C34H41FN2O6/c1-21-32-29(12-10-26-9-8-23(20-36-26)22-5-4-6-25(35)17-22)28-13-11-27(18-24(28)19-30(32)33(38)43-21)37(34(39)40)14-16-42-31-7-2-3-15-41-31/h4-6,8-10,12,17,20-21,24,27-32H,2-3,7,11,13-16,18-19H2,1H3,(H,39,40)/t21-,24+,27-,28-,29+,30-,31?,32+/m1/s1. The van der Waals surface area contributed by atoms with E-state index in [1.807, 2.05) is 31.2 Å². The number of carbonyl (C=O) groups excluding carboxylic acids is 1. The van der Waals surface area contributed by atoms with Crippen LogP contribution in [-0.4, -0.2) is 65.2 Å². The Labute approximate surface area is 252 Å². The summed E-state index contributed by atoms with van der Waals surface area (Å²) in [5.74, 6) is 0.172. The van der Waals surface area contributed by atoms with Gasteiger partial charge < -0.3 is 24.2 Å². The van der Waals surface area contributed by atoms with E-state index in [4.69, 9.17) is 14.2 Å². The predicted octanol–water partition coefficient (Wildman–Crippen LogP) is 6.41. The number of carboxylic acid groups (broad SMARTS) is 1. The van der Waals surface area contributed by atoms with E-state index in [-0.39, 0.29) is 53.9 Å². The number of cyclic esters (lactones) is 1. The molecule has 6 rings (SSSR count). The summed E-state index contributed by atoms with van der Waals surface area (Å²) >= 11 is 0. The second kappa shape index (κ2) is 13.1. The Balaban J connectivity index is 1.15. The number of esters is 1. The molecule has 9 heteroatoms. The van der Waals surface area contributed by atoms with Gasteiger partial charge in [0.2, 0.25) is 0 Å². The van der Waals surface area contributed by atoms with Gasteiger partial charge in [-0.05, 0) is 99.5 Å². The van der Waals surface area contributed by atoms with Crippen LogP contribution in [-0.2, 0) is 19.0 Å². The van der Waals surface area contributed by atoms with Crippen LogP contribution in [0, 0.1) is 35.4 Å². The number of halogens is 1. The first-order valence-electron chi connectivity index (χ1n) is 15.7. The lowest BCUT2D eigenvalue weighted by Gasteiger charge is -2.49. The second-order valence-electron chi connectivity index (χ2n) is 12.5. The Morgan fingerprint density at radius 3 is 2.79 bits per heavy atom. The second-order valence-corrected chi connectivity index (χ2v) is 12.5. The number of nitrogens with zero attached hydrogens (tertiary/aromatic N) is 2. The number of ether oxygens (including phenoxy) is 3. The van der Waals surface area contributed by atoms with E-state index in [0.717, 1.165) is 61.8 Å². The molecule has 230 valence electrons. The van der Waals surface area contributed by atoms with Crippen LogP contribution in [0.1, 0.15) is 57.6 Å². The molecule has 0 spiro atoms. The summed E-state index contributed by atoms with van der Waals surface area (Å²) in [5, 5.41) is 10.1. The maximum Gasteiger partial charge on any atom is 0.407 e. The Morgan fingerprint density at radius 2 is 2.05 bits per heavy atom. The summed E-state index contributed by atoms with van der Waals surface area (Å²) in [5.41, 5.74) is 2.41. The van der Waals surface area contributed by atoms with Crippen molar-refractivity contribution in [3.8, 4) is 11.1 Å². The van der Waals surface area contributed by atoms with Gasteiger partial charge in [0.1, 0.15) is 11.9 Å². The number of fused-ring (bicyclic) bond motifs is 2. The molecule has 0 bridgehead atoms. The van der Waals surface area contributed by atoms with Gasteiger partial charge in [-0.1, -0.05) is 24.3 Å². The van der Waals surface area contributed by atoms with Crippen LogP contribution in [0.15, 0.2) is 48.7 Å². The van der Waals surface area contributed by atoms with Crippen LogP contribution < -0.4 is 0 Å². The average Bonchev–Trinajstić information content (AvgIpc) is 3.30. The maximum absolute atomic E-state index is 13.7. The predicted molar refractivity (Wildman–Crippen MR) is 158 cm³/mol. The molecule has 2 aliphatic heterocycles. The molecular formula is C34H41FN2O6. The summed E-state index contributed by atoms with van der Waals surface area (Å²) < 4.78 is 30.9. The van der Waals surface area contributed by atoms with Crippen LogP contribution in [0.2, 0.25) is 0 Å². The zero-order chi connectivity index (χ0) is 29.9. The van der Waals surface area contributed by atoms with Gasteiger partial charge in [-0.15, -0.1) is 0 Å². The maximum atomic E-state index is 13.7. The SMILES string of the molecule is C[C@H]1OC(=O)[C@@H]2C[C@@H]3C[C@H](N(CCOC4CCCCO4)C(=O)O)CC[C@H]3[C@H](C=Cc3ccc(-c4cccc(F)c4)cn3)[C@H]12. The van der Waals surface area contributed by atoms with Gasteiger partial charge in [0, 0.05) is 36.9 Å². The Hall–Kier alpha value is -3.30. The number of pyridine rings is 1. The highest BCUT2D eigenvalue weighted by Gasteiger charge is 2.55. The van der Waals surface area contributed by atoms with E-state index in [1.165, 1.54) is 17.0 Å². The highest BCUT2D eigenvalue weighted by molar-refractivity contribution is 5.75. The first-order valence-corrected chi connectivity index (χ1v) is 15.7. The number of hydrogen-bond acceptors (Lipinski definition) is 6. The molecule has 43 heavy (non-hydrogen) atoms. The minimum Gasteiger partial charge on any atom is -0.465 e. The third-order valence-electron chi connectivity index (χ3n) is 10.0. The van der Waals surface area contributed by atoms with Crippen LogP contribution in [0.5, 0.6) is 0 Å². The number of hydrogen-bond donors (Lipinski definition) is 1. The molecule has 2 aliphatic carbocycles. The third kappa shape index (κ3) is 6.63. The van der Waals surface area contributed by atoms with Gasteiger partial charge in [0.05, 0.1) is 18.2 Å². The topological polar surface area (TPSA) is 98.2 Å². The van der Waals surface area contributed by atoms with Crippen molar-refractivity contribution in [3.63, 3.8) is 0 Å². The van der Waals surface area contributed by atoms with Crippen molar-refractivity contribution >= 4 is 18.1 Å². The Bertz CT molecular complexity index is 1310. The Morgan fingerprint density at radius 1 is 1.16 bits per heavy atom. The van der Waals surface area contributed by atoms with Crippen LogP contribution in [0.4, 0.5) is 9.18 Å². The number of carbonyl (C=O) groups is 2. The molecule has 3 heterocycles. The number of aromatic nitrogens is 1. The lowest BCUT2D eigenvalue weighted by atomic mass is 9.56. The minimum absolute atomic E-state index is 0.0904. The molecule has 1 unspecified atom stereocenters. The first-order chi connectivity index (χ1) is 20.9. The van der Waals surface area contributed by atoms with E-state index in [0.29, 0.717) is 25.7 Å². The van der Waals surface area contributed by atoms with Crippen molar-refractivity contribution in [2.24, 2.45) is 29.6 Å². The summed E-state index contributed by atoms with van der Waals surface area (Å²) in [6, 6.07) is 10.2. The molecule has 4 aliphatic rings. The normalized spacial score (nSPS) is 32.2. The van der Waals surface area contributed by atoms with Gasteiger partial charge in [0.25, 0.3) is 0 Å². The smallest absolute Gasteiger partial charge is 0.407 e. The zero-order valence-electron chi connectivity index (χ0n) is 24.6. The molecule has 1 aromatic carbocycles. The lowest BCUT2D eigenvalue weighted by molar-refractivity contribution is -0.164. The van der Waals surface area contributed by atoms with Crippen molar-refractivity contribution in [3.05, 3.63) is 60.2 Å². The molecule has 0 radical (unpaired) electrons. The van der Waals surface area contributed by atoms with Crippen LogP contribution in [0.3, 0.4) is 0 Å². The molecule has 4 fully saturated rings. The van der Waals surface area contributed by atoms with Crippen molar-refractivity contribution in [2.45, 2.75) is 70.3 Å². The fourth-order valence-corrected chi connectivity index (χ4v) is 7.99. The van der Waals surface area contributed by atoms with Gasteiger partial charge in [-0.3, -0.25) is 9.78 Å². The summed E-state index contributed by atoms with van der Waals surface area (Å²) in [4.78, 5) is 31.4. The van der Waals surface area contributed by atoms with E-state index in [2.05, 4.69) is 11.1 Å². The third-order valence-corrected chi connectivity index (χ3v) is 10.0. The highest BCUT2D eigenvalue weighted by atomic mass is 19.1. The molecule has 2 saturated heterocycles. The van der Waals surface area contributed by atoms with E-state index < -0.39 is 6.09 Å². The zero-order valence-corrected chi connectivity index (χ0v) is 24.6. The van der Waals surface area contributed by atoms with E-state index in [1.54, 1.807) is 12.3 Å². The van der Waals surface area contributed by atoms with Gasteiger partial charge in [0.15, 0.2) is 6.29 Å². The summed E-state index contributed by atoms with van der Waals surface area (Å²) in [6.45, 7) is 3.30. The molecule has 8 nitrogen and oxygen atoms in total. The molecular weight excluding hydrogens is 551 g/mol. The lowest BCUT2D eigenvalue weighted by Crippen LogP contribution is -2.50. The largest absolute Gasteiger partial charge is 0.465 e. The molecule has 2 saturated carbocycles. The fraction of sp³-hybridized carbons (Fsp3) is 0.559. The monoisotopic (exact) mass is 592 g/mol. The minimum atomic E-state index is -0.927. The fourth-order valence-electron chi connectivity index (χ4n) is 7.99. The molecule has 8 atom stereocenters. The van der Waals surface area contributed by atoms with Crippen molar-refractivity contribution in [1.29, 1.82) is 0 Å². The number of rotatable bonds is 8. The quantitative estimate of drug-likeness (QED) is 0.354. The average molecular weight is 593 g/mol. The number of amides is 1. The Kier molecular flexibility index (Phi) is 9.09. The van der Waals surface area contributed by atoms with Gasteiger partial charge in [-0.2, -0.15) is 0 Å². The summed E-state index contributed by atoms with van der Waals surface area (Å²) in [6.07, 6.45) is 10.7. The summed E-state index contributed by atoms with van der Waals surface area (Å²) in [7, 11) is 0. The first kappa shape index (κ1) is 29.8. The molecule has 1 N–H and O–H groups in total. The van der Waals surface area contributed by atoms with Gasteiger partial charge >= 0.3 is 12.1 Å². The van der Waals surface area contributed by atoms with Gasteiger partial charge in [-0.25, -0.2) is 9.18 Å². The van der Waals surface area contributed by atoms with Crippen molar-refractivity contribution in [1.82, 2.24) is 9.88 Å². The molecule has 2 aromatic rings. The molecule has 1 amide bonds. The van der Waals surface area contributed by atoms with Crippen molar-refractivity contribution < 1.29 is 33.3 Å². The van der Waals surface area contributed by atoms with E-state index in [9.17, 15) is 19.1 Å². The van der Waals surface area contributed by atoms with Crippen LogP contribution in [0.25, 0.3) is 17.2 Å². The number of allylic oxidation sites excluding steroid dienone is 1. The highest BCUT2D eigenvalue weighted by Crippen LogP contribution is 2.54. The molecule has 1 aromatic heterocycles.